The van der Waals surface area contributed by atoms with Crippen molar-refractivity contribution >= 4 is 12.2 Å². The largest absolute Gasteiger partial charge is 0.478 e. The van der Waals surface area contributed by atoms with E-state index in [0.29, 0.717) is 6.61 Å². The highest BCUT2D eigenvalue weighted by Crippen LogP contribution is 2.23. The van der Waals surface area contributed by atoms with Gasteiger partial charge in [-0.1, -0.05) is 35.5 Å². The third-order valence-corrected chi connectivity index (χ3v) is 4.50. The quantitative estimate of drug-likeness (QED) is 0.513. The standard InChI is InChI=1S/C22H22N2O3/c1-15-11-19(22(25)26)9-10-21(15)24-16(2)12-20(17(24)3)13-23-27-14-18-7-5-4-6-8-18/h4-13H,14H2,1-3H3,(H,25,26)/b23-13+. The van der Waals surface area contributed by atoms with Crippen molar-refractivity contribution in [2.75, 3.05) is 0 Å². The maximum absolute atomic E-state index is 11.2. The predicted molar refractivity (Wildman–Crippen MR) is 106 cm³/mol. The first-order valence-corrected chi connectivity index (χ1v) is 8.70. The second-order valence-electron chi connectivity index (χ2n) is 6.46. The molecule has 0 fully saturated rings. The SMILES string of the molecule is Cc1cc(C(=O)O)ccc1-n1c(C)cc(/C=N/OCc2ccccc2)c1C. The van der Waals surface area contributed by atoms with Gasteiger partial charge in [-0.15, -0.1) is 0 Å². The Morgan fingerprint density at radius 2 is 1.85 bits per heavy atom. The minimum absolute atomic E-state index is 0.287. The Balaban J connectivity index is 1.80. The number of aromatic nitrogens is 1. The van der Waals surface area contributed by atoms with Gasteiger partial charge >= 0.3 is 5.97 Å². The van der Waals surface area contributed by atoms with Gasteiger partial charge in [0.25, 0.3) is 0 Å². The van der Waals surface area contributed by atoms with Gasteiger partial charge in [-0.2, -0.15) is 0 Å². The summed E-state index contributed by atoms with van der Waals surface area (Å²) in [6, 6.07) is 17.1. The molecule has 0 atom stereocenters. The lowest BCUT2D eigenvalue weighted by atomic mass is 10.1. The van der Waals surface area contributed by atoms with Crippen molar-refractivity contribution in [2.45, 2.75) is 27.4 Å². The molecule has 0 saturated heterocycles. The predicted octanol–water partition coefficient (Wildman–Crippen LogP) is 4.65. The number of aromatic carboxylic acids is 1. The summed E-state index contributed by atoms with van der Waals surface area (Å²) in [4.78, 5) is 16.5. The second kappa shape index (κ2) is 7.91. The summed E-state index contributed by atoms with van der Waals surface area (Å²) in [6.45, 7) is 6.36. The van der Waals surface area contributed by atoms with Gasteiger partial charge in [-0.25, -0.2) is 4.79 Å². The molecular formula is C22H22N2O3. The Hall–Kier alpha value is -3.34. The van der Waals surface area contributed by atoms with Crippen LogP contribution in [-0.4, -0.2) is 21.9 Å². The molecule has 0 aliphatic rings. The molecule has 0 saturated carbocycles. The van der Waals surface area contributed by atoms with Gasteiger partial charge in [0, 0.05) is 22.6 Å². The number of rotatable bonds is 6. The Morgan fingerprint density at radius 1 is 1.11 bits per heavy atom. The van der Waals surface area contributed by atoms with Crippen molar-refractivity contribution in [3.05, 3.63) is 88.2 Å². The maximum Gasteiger partial charge on any atom is 0.335 e. The maximum atomic E-state index is 11.2. The molecule has 1 aromatic heterocycles. The van der Waals surface area contributed by atoms with Crippen LogP contribution in [0.1, 0.15) is 38.4 Å². The van der Waals surface area contributed by atoms with Gasteiger partial charge in [-0.3, -0.25) is 0 Å². The van der Waals surface area contributed by atoms with Crippen molar-refractivity contribution in [1.29, 1.82) is 0 Å². The van der Waals surface area contributed by atoms with Crippen LogP contribution in [0, 0.1) is 20.8 Å². The normalized spacial score (nSPS) is 11.1. The molecule has 0 unspecified atom stereocenters. The van der Waals surface area contributed by atoms with Crippen LogP contribution >= 0.6 is 0 Å². The molecule has 1 N–H and O–H groups in total. The molecule has 3 rings (SSSR count). The molecule has 0 aliphatic carbocycles. The number of carbonyl (C=O) groups is 1. The molecular weight excluding hydrogens is 340 g/mol. The van der Waals surface area contributed by atoms with E-state index in [4.69, 9.17) is 9.94 Å². The molecule has 0 radical (unpaired) electrons. The fourth-order valence-electron chi connectivity index (χ4n) is 3.11. The van der Waals surface area contributed by atoms with E-state index in [2.05, 4.69) is 9.72 Å². The van der Waals surface area contributed by atoms with Crippen LogP contribution < -0.4 is 0 Å². The van der Waals surface area contributed by atoms with Crippen molar-refractivity contribution < 1.29 is 14.7 Å². The fraction of sp³-hybridized carbons (Fsp3) is 0.182. The Kier molecular flexibility index (Phi) is 5.41. The average molecular weight is 362 g/mol. The lowest BCUT2D eigenvalue weighted by molar-refractivity contribution is 0.0697. The first-order valence-electron chi connectivity index (χ1n) is 8.70. The third kappa shape index (κ3) is 4.08. The van der Waals surface area contributed by atoms with E-state index in [1.165, 1.54) is 0 Å². The highest BCUT2D eigenvalue weighted by molar-refractivity contribution is 5.88. The van der Waals surface area contributed by atoms with Gasteiger partial charge in [0.2, 0.25) is 0 Å². The summed E-state index contributed by atoms with van der Waals surface area (Å²) in [7, 11) is 0. The number of aryl methyl sites for hydroxylation is 2. The fourth-order valence-corrected chi connectivity index (χ4v) is 3.11. The number of carboxylic acids is 1. The van der Waals surface area contributed by atoms with E-state index in [1.54, 1.807) is 18.3 Å². The van der Waals surface area contributed by atoms with Gasteiger partial charge < -0.3 is 14.5 Å². The second-order valence-corrected chi connectivity index (χ2v) is 6.46. The zero-order chi connectivity index (χ0) is 19.4. The molecule has 1 heterocycles. The number of hydrogen-bond acceptors (Lipinski definition) is 3. The topological polar surface area (TPSA) is 63.8 Å². The van der Waals surface area contributed by atoms with Crippen LogP contribution in [0.15, 0.2) is 59.8 Å². The van der Waals surface area contributed by atoms with Crippen LogP contribution in [0.5, 0.6) is 0 Å². The lowest BCUT2D eigenvalue weighted by Crippen LogP contribution is -2.04. The van der Waals surface area contributed by atoms with Crippen molar-refractivity contribution in [1.82, 2.24) is 4.57 Å². The highest BCUT2D eigenvalue weighted by Gasteiger charge is 2.13. The zero-order valence-electron chi connectivity index (χ0n) is 15.6. The van der Waals surface area contributed by atoms with Gasteiger partial charge in [0.05, 0.1) is 11.8 Å². The van der Waals surface area contributed by atoms with Gasteiger partial charge in [-0.05, 0) is 56.2 Å². The van der Waals surface area contributed by atoms with E-state index < -0.39 is 5.97 Å². The molecule has 0 spiro atoms. The van der Waals surface area contributed by atoms with E-state index in [-0.39, 0.29) is 5.56 Å². The number of oxime groups is 1. The van der Waals surface area contributed by atoms with Crippen LogP contribution in [0.3, 0.4) is 0 Å². The molecule has 138 valence electrons. The monoisotopic (exact) mass is 362 g/mol. The first-order chi connectivity index (χ1) is 13.0. The van der Waals surface area contributed by atoms with Crippen LogP contribution in [0.4, 0.5) is 0 Å². The summed E-state index contributed by atoms with van der Waals surface area (Å²) in [6.07, 6.45) is 1.71. The highest BCUT2D eigenvalue weighted by atomic mass is 16.6. The number of nitrogens with zero attached hydrogens (tertiary/aromatic N) is 2. The van der Waals surface area contributed by atoms with Gasteiger partial charge in [0.1, 0.15) is 6.61 Å². The van der Waals surface area contributed by atoms with Crippen LogP contribution in [-0.2, 0) is 11.4 Å². The molecule has 0 aliphatic heterocycles. The average Bonchev–Trinajstić information content (AvgIpc) is 2.93. The minimum Gasteiger partial charge on any atom is -0.478 e. The molecule has 0 amide bonds. The third-order valence-electron chi connectivity index (χ3n) is 4.50. The minimum atomic E-state index is -0.922. The van der Waals surface area contributed by atoms with Crippen LogP contribution in [0.25, 0.3) is 5.69 Å². The summed E-state index contributed by atoms with van der Waals surface area (Å²) < 4.78 is 2.10. The van der Waals surface area contributed by atoms with Crippen molar-refractivity contribution in [3.8, 4) is 5.69 Å². The molecule has 0 bridgehead atoms. The van der Waals surface area contributed by atoms with Gasteiger partial charge in [0.15, 0.2) is 0 Å². The molecule has 27 heavy (non-hydrogen) atoms. The zero-order valence-corrected chi connectivity index (χ0v) is 15.6. The Labute approximate surface area is 158 Å². The van der Waals surface area contributed by atoms with Crippen LogP contribution in [0.2, 0.25) is 0 Å². The molecule has 5 nitrogen and oxygen atoms in total. The van der Waals surface area contributed by atoms with Crippen molar-refractivity contribution in [3.63, 3.8) is 0 Å². The summed E-state index contributed by atoms with van der Waals surface area (Å²) >= 11 is 0. The number of carboxylic acid groups (broad SMARTS) is 1. The number of benzene rings is 2. The lowest BCUT2D eigenvalue weighted by Gasteiger charge is -2.13. The van der Waals surface area contributed by atoms with E-state index in [1.807, 2.05) is 63.2 Å². The van der Waals surface area contributed by atoms with E-state index in [9.17, 15) is 4.79 Å². The van der Waals surface area contributed by atoms with E-state index in [0.717, 1.165) is 33.8 Å². The summed E-state index contributed by atoms with van der Waals surface area (Å²) in [5.74, 6) is -0.922. The number of hydrogen-bond donors (Lipinski definition) is 1. The molecule has 5 heteroatoms. The Bertz CT molecular complexity index is 988. The molecule has 3 aromatic rings. The smallest absolute Gasteiger partial charge is 0.335 e. The Morgan fingerprint density at radius 3 is 2.52 bits per heavy atom. The van der Waals surface area contributed by atoms with Crippen molar-refractivity contribution in [2.24, 2.45) is 5.16 Å². The molecule has 2 aromatic carbocycles. The first kappa shape index (κ1) is 18.5. The summed E-state index contributed by atoms with van der Waals surface area (Å²) in [5.41, 5.74) is 6.24. The summed E-state index contributed by atoms with van der Waals surface area (Å²) in [5, 5.41) is 13.2. The van der Waals surface area contributed by atoms with E-state index >= 15 is 0 Å².